The summed E-state index contributed by atoms with van der Waals surface area (Å²) in [6.45, 7) is 0. The first-order chi connectivity index (χ1) is 7.17. The fraction of sp³-hybridized carbons (Fsp3) is 0.111. The fourth-order valence-corrected chi connectivity index (χ4v) is 1.41. The predicted octanol–water partition coefficient (Wildman–Crippen LogP) is -0.00780. The first-order valence-corrected chi connectivity index (χ1v) is 4.22. The third-order valence-electron chi connectivity index (χ3n) is 2.12. The van der Waals surface area contributed by atoms with E-state index >= 15 is 0 Å². The van der Waals surface area contributed by atoms with Crippen LogP contribution in [0.5, 0.6) is 0 Å². The highest BCUT2D eigenvalue weighted by Gasteiger charge is 2.45. The van der Waals surface area contributed by atoms with E-state index in [0.29, 0.717) is 0 Å². The molecule has 6 heteroatoms. The summed E-state index contributed by atoms with van der Waals surface area (Å²) in [5, 5.41) is 11.7. The van der Waals surface area contributed by atoms with Crippen LogP contribution in [0.25, 0.3) is 0 Å². The molecule has 0 radical (unpaired) electrons. The SMILES string of the molecule is Nc1ncccc1C1(C(=O)O)NC=CO1. The molecule has 0 saturated carbocycles. The molecule has 0 fully saturated rings. The largest absolute Gasteiger partial charge is 0.477 e. The van der Waals surface area contributed by atoms with Gasteiger partial charge in [-0.2, -0.15) is 0 Å². The molecule has 0 aromatic carbocycles. The Morgan fingerprint density at radius 2 is 2.47 bits per heavy atom. The summed E-state index contributed by atoms with van der Waals surface area (Å²) < 4.78 is 5.06. The van der Waals surface area contributed by atoms with Gasteiger partial charge in [0, 0.05) is 12.4 Å². The van der Waals surface area contributed by atoms with Gasteiger partial charge in [-0.25, -0.2) is 9.78 Å². The number of carboxylic acid groups (broad SMARTS) is 1. The van der Waals surface area contributed by atoms with Gasteiger partial charge in [0.15, 0.2) is 0 Å². The Balaban J connectivity index is 2.51. The van der Waals surface area contributed by atoms with E-state index in [1.807, 2.05) is 0 Å². The third-order valence-corrected chi connectivity index (χ3v) is 2.12. The number of carboxylic acids is 1. The molecule has 1 aromatic heterocycles. The Morgan fingerprint density at radius 1 is 1.67 bits per heavy atom. The molecule has 4 N–H and O–H groups in total. The highest BCUT2D eigenvalue weighted by molar-refractivity contribution is 5.81. The summed E-state index contributed by atoms with van der Waals surface area (Å²) >= 11 is 0. The molecule has 2 heterocycles. The molecule has 1 unspecified atom stereocenters. The molecule has 78 valence electrons. The summed E-state index contributed by atoms with van der Waals surface area (Å²) in [5.74, 6) is -1.05. The van der Waals surface area contributed by atoms with Crippen molar-refractivity contribution in [3.05, 3.63) is 36.4 Å². The monoisotopic (exact) mass is 207 g/mol. The lowest BCUT2D eigenvalue weighted by Crippen LogP contribution is -2.46. The number of nitrogens with one attached hydrogen (secondary N) is 1. The van der Waals surface area contributed by atoms with E-state index in [9.17, 15) is 4.79 Å². The molecule has 1 aliphatic rings. The van der Waals surface area contributed by atoms with Crippen molar-refractivity contribution in [1.29, 1.82) is 0 Å². The van der Waals surface area contributed by atoms with Crippen LogP contribution in [-0.2, 0) is 15.3 Å². The maximum Gasteiger partial charge on any atom is 0.375 e. The third kappa shape index (κ3) is 1.26. The topological polar surface area (TPSA) is 97.5 Å². The number of nitrogen functional groups attached to an aromatic ring is 1. The maximum absolute atomic E-state index is 11.2. The van der Waals surface area contributed by atoms with E-state index < -0.39 is 11.7 Å². The Morgan fingerprint density at radius 3 is 3.00 bits per heavy atom. The van der Waals surface area contributed by atoms with Crippen LogP contribution >= 0.6 is 0 Å². The number of hydrogen-bond donors (Lipinski definition) is 3. The smallest absolute Gasteiger partial charge is 0.375 e. The number of anilines is 1. The van der Waals surface area contributed by atoms with Gasteiger partial charge in [-0.15, -0.1) is 0 Å². The second-order valence-corrected chi connectivity index (χ2v) is 2.99. The Hall–Kier alpha value is -2.24. The second kappa shape index (κ2) is 3.16. The highest BCUT2D eigenvalue weighted by atomic mass is 16.5. The van der Waals surface area contributed by atoms with Crippen molar-refractivity contribution in [3.63, 3.8) is 0 Å². The van der Waals surface area contributed by atoms with Crippen LogP contribution in [0.3, 0.4) is 0 Å². The van der Waals surface area contributed by atoms with E-state index in [-0.39, 0.29) is 11.4 Å². The number of hydrogen-bond acceptors (Lipinski definition) is 5. The number of aliphatic carboxylic acids is 1. The minimum Gasteiger partial charge on any atom is -0.477 e. The van der Waals surface area contributed by atoms with Crippen molar-refractivity contribution in [2.75, 3.05) is 5.73 Å². The second-order valence-electron chi connectivity index (χ2n) is 2.99. The van der Waals surface area contributed by atoms with Crippen LogP contribution in [-0.4, -0.2) is 16.1 Å². The molecule has 6 nitrogen and oxygen atoms in total. The van der Waals surface area contributed by atoms with Crippen molar-refractivity contribution in [2.45, 2.75) is 5.72 Å². The van der Waals surface area contributed by atoms with Crippen LogP contribution in [0.4, 0.5) is 5.82 Å². The summed E-state index contributed by atoms with van der Waals surface area (Å²) in [4.78, 5) is 15.0. The number of nitrogens with two attached hydrogens (primary N) is 1. The van der Waals surface area contributed by atoms with E-state index in [2.05, 4.69) is 10.3 Å². The first kappa shape index (κ1) is 9.32. The number of pyridine rings is 1. The first-order valence-electron chi connectivity index (χ1n) is 4.22. The van der Waals surface area contributed by atoms with Gasteiger partial charge < -0.3 is 20.9 Å². The van der Waals surface area contributed by atoms with Crippen molar-refractivity contribution in [1.82, 2.24) is 10.3 Å². The van der Waals surface area contributed by atoms with Gasteiger partial charge in [-0.05, 0) is 12.1 Å². The van der Waals surface area contributed by atoms with Crippen LogP contribution in [0.1, 0.15) is 5.56 Å². The Labute approximate surface area is 85.4 Å². The highest BCUT2D eigenvalue weighted by Crippen LogP contribution is 2.29. The molecule has 0 amide bonds. The minimum atomic E-state index is -1.65. The van der Waals surface area contributed by atoms with E-state index in [4.69, 9.17) is 15.6 Å². The van der Waals surface area contributed by atoms with Gasteiger partial charge in [0.2, 0.25) is 0 Å². The fourth-order valence-electron chi connectivity index (χ4n) is 1.41. The Kier molecular flexibility index (Phi) is 1.96. The van der Waals surface area contributed by atoms with Crippen molar-refractivity contribution < 1.29 is 14.6 Å². The van der Waals surface area contributed by atoms with E-state index in [1.165, 1.54) is 18.7 Å². The molecule has 1 atom stereocenters. The molecule has 0 aliphatic carbocycles. The van der Waals surface area contributed by atoms with E-state index in [0.717, 1.165) is 0 Å². The van der Waals surface area contributed by atoms with Gasteiger partial charge in [0.1, 0.15) is 12.1 Å². The van der Waals surface area contributed by atoms with Gasteiger partial charge in [0.05, 0.1) is 5.56 Å². The van der Waals surface area contributed by atoms with Gasteiger partial charge in [0.25, 0.3) is 0 Å². The molecular formula is C9H9N3O3. The summed E-state index contributed by atoms with van der Waals surface area (Å²) in [7, 11) is 0. The molecule has 1 aliphatic heterocycles. The van der Waals surface area contributed by atoms with Crippen LogP contribution in [0.15, 0.2) is 30.8 Å². The molecular weight excluding hydrogens is 198 g/mol. The maximum atomic E-state index is 11.2. The van der Waals surface area contributed by atoms with Crippen LogP contribution < -0.4 is 11.1 Å². The number of rotatable bonds is 2. The number of ether oxygens (including phenoxy) is 1. The van der Waals surface area contributed by atoms with Crippen LogP contribution in [0, 0.1) is 0 Å². The number of nitrogens with zero attached hydrogens (tertiary/aromatic N) is 1. The molecule has 0 spiro atoms. The van der Waals surface area contributed by atoms with Gasteiger partial charge in [-0.1, -0.05) is 0 Å². The quantitative estimate of drug-likeness (QED) is 0.631. The summed E-state index contributed by atoms with van der Waals surface area (Å²) in [6, 6.07) is 3.15. The summed E-state index contributed by atoms with van der Waals surface area (Å²) in [6.07, 6.45) is 4.15. The number of carbonyl (C=O) groups is 1. The van der Waals surface area contributed by atoms with E-state index in [1.54, 1.807) is 12.1 Å². The lowest BCUT2D eigenvalue weighted by atomic mass is 10.0. The normalized spacial score (nSPS) is 23.2. The minimum absolute atomic E-state index is 0.121. The zero-order valence-corrected chi connectivity index (χ0v) is 7.68. The lowest BCUT2D eigenvalue weighted by Gasteiger charge is -2.25. The average Bonchev–Trinajstić information content (AvgIpc) is 2.68. The molecule has 0 bridgehead atoms. The van der Waals surface area contributed by atoms with Gasteiger partial charge in [-0.3, -0.25) is 0 Å². The van der Waals surface area contributed by atoms with Crippen molar-refractivity contribution >= 4 is 11.8 Å². The standard InChI is InChI=1S/C9H9N3O3/c10-7-6(2-1-3-11-7)9(8(13)14)12-4-5-15-9/h1-5,12H,(H2,10,11)(H,13,14). The summed E-state index contributed by atoms with van der Waals surface area (Å²) in [5.41, 5.74) is 4.23. The zero-order chi connectivity index (χ0) is 10.9. The van der Waals surface area contributed by atoms with Crippen molar-refractivity contribution in [2.24, 2.45) is 0 Å². The van der Waals surface area contributed by atoms with Gasteiger partial charge >= 0.3 is 11.7 Å². The predicted molar refractivity (Wildman–Crippen MR) is 51.3 cm³/mol. The lowest BCUT2D eigenvalue weighted by molar-refractivity contribution is -0.160. The molecule has 0 saturated heterocycles. The molecule has 2 rings (SSSR count). The molecule has 15 heavy (non-hydrogen) atoms. The Bertz CT molecular complexity index is 422. The average molecular weight is 207 g/mol. The van der Waals surface area contributed by atoms with Crippen LogP contribution in [0.2, 0.25) is 0 Å². The number of aromatic nitrogens is 1. The zero-order valence-electron chi connectivity index (χ0n) is 7.68. The van der Waals surface area contributed by atoms with Crippen molar-refractivity contribution in [3.8, 4) is 0 Å². The molecule has 1 aromatic rings.